The van der Waals surface area contributed by atoms with Gasteiger partial charge in [0.15, 0.2) is 6.29 Å². The lowest BCUT2D eigenvalue weighted by atomic mass is 9.43. The smallest absolute Gasteiger partial charge is 0.331 e. The van der Waals surface area contributed by atoms with Crippen molar-refractivity contribution in [1.82, 2.24) is 0 Å². The first kappa shape index (κ1) is 26.6. The fraction of sp³-hybridized carbons (Fsp3) is 0.893. The van der Waals surface area contributed by atoms with Gasteiger partial charge in [0.1, 0.15) is 18.8 Å². The Balaban J connectivity index is 1.28. The van der Waals surface area contributed by atoms with Crippen molar-refractivity contribution in [1.29, 1.82) is 0 Å². The van der Waals surface area contributed by atoms with Crippen LogP contribution in [0.15, 0.2) is 11.6 Å². The van der Waals surface area contributed by atoms with E-state index in [-0.39, 0.29) is 34.7 Å². The number of fused-ring (bicyclic) bond motifs is 5. The summed E-state index contributed by atoms with van der Waals surface area (Å²) in [7, 11) is 0. The summed E-state index contributed by atoms with van der Waals surface area (Å²) in [6.45, 7) is 6.33. The van der Waals surface area contributed by atoms with Gasteiger partial charge in [-0.15, -0.1) is 0 Å². The Morgan fingerprint density at radius 1 is 0.972 bits per heavy atom. The van der Waals surface area contributed by atoms with Crippen LogP contribution in [0, 0.1) is 34.5 Å². The third-order valence-corrected chi connectivity index (χ3v) is 11.4. The molecule has 0 aromatic rings. The molecule has 0 aromatic heterocycles. The van der Waals surface area contributed by atoms with E-state index in [0.717, 1.165) is 63.4 Å². The van der Waals surface area contributed by atoms with Gasteiger partial charge >= 0.3 is 5.97 Å². The molecule has 36 heavy (non-hydrogen) atoms. The predicted octanol–water partition coefficient (Wildman–Crippen LogP) is 2.05. The number of aliphatic hydroxyl groups excluding tert-OH is 4. The van der Waals surface area contributed by atoms with E-state index in [9.17, 15) is 30.3 Å². The molecule has 0 aromatic carbocycles. The molecule has 1 heterocycles. The van der Waals surface area contributed by atoms with Crippen molar-refractivity contribution in [2.75, 3.05) is 6.61 Å². The average molecular weight is 509 g/mol. The Morgan fingerprint density at radius 3 is 2.39 bits per heavy atom. The van der Waals surface area contributed by atoms with E-state index < -0.39 is 30.2 Å². The molecule has 5 N–H and O–H groups in total. The highest BCUT2D eigenvalue weighted by Gasteiger charge is 2.67. The number of esters is 1. The lowest BCUT2D eigenvalue weighted by molar-refractivity contribution is -0.242. The molecule has 0 amide bonds. The van der Waals surface area contributed by atoms with Gasteiger partial charge in [0, 0.05) is 11.5 Å². The third-order valence-electron chi connectivity index (χ3n) is 11.4. The quantitative estimate of drug-likeness (QED) is 0.272. The van der Waals surface area contributed by atoms with Crippen molar-refractivity contribution in [3.8, 4) is 0 Å². The number of aliphatic hydroxyl groups is 5. The minimum atomic E-state index is -1.56. The molecule has 4 fully saturated rings. The second-order valence-electron chi connectivity index (χ2n) is 12.9. The van der Waals surface area contributed by atoms with E-state index in [2.05, 4.69) is 13.8 Å². The van der Waals surface area contributed by atoms with Gasteiger partial charge in [-0.3, -0.25) is 0 Å². The van der Waals surface area contributed by atoms with E-state index in [1.54, 1.807) is 6.08 Å². The average Bonchev–Trinajstić information content (AvgIpc) is 3.38. The van der Waals surface area contributed by atoms with Crippen LogP contribution in [-0.4, -0.2) is 74.4 Å². The zero-order chi connectivity index (χ0) is 26.0. The fourth-order valence-corrected chi connectivity index (χ4v) is 9.23. The maximum Gasteiger partial charge on any atom is 0.331 e. The van der Waals surface area contributed by atoms with Crippen LogP contribution >= 0.6 is 0 Å². The molecule has 5 rings (SSSR count). The molecule has 0 spiro atoms. The highest BCUT2D eigenvalue weighted by atomic mass is 16.6. The van der Waals surface area contributed by atoms with E-state index in [1.165, 1.54) is 6.92 Å². The Kier molecular flexibility index (Phi) is 6.87. The predicted molar refractivity (Wildman–Crippen MR) is 130 cm³/mol. The first-order valence-corrected chi connectivity index (χ1v) is 13.9. The summed E-state index contributed by atoms with van der Waals surface area (Å²) in [4.78, 5) is 11.8. The Labute approximate surface area is 213 Å². The summed E-state index contributed by atoms with van der Waals surface area (Å²) >= 11 is 0. The van der Waals surface area contributed by atoms with Crippen molar-refractivity contribution in [3.63, 3.8) is 0 Å². The fourth-order valence-electron chi connectivity index (χ4n) is 9.23. The lowest BCUT2D eigenvalue weighted by Gasteiger charge is -2.63. The van der Waals surface area contributed by atoms with Crippen molar-refractivity contribution in [2.24, 2.45) is 34.5 Å². The Morgan fingerprint density at radius 2 is 1.72 bits per heavy atom. The zero-order valence-corrected chi connectivity index (χ0v) is 21.8. The van der Waals surface area contributed by atoms with Gasteiger partial charge in [-0.05, 0) is 99.4 Å². The molecular formula is C28H44O8. The SMILES string of the molecule is C[C@H](O)C(O)[C@H](O)[C@H](O)O[C@H]1CC[C@]2(C)C3CC[C@]4(C)[C@@H](C5=CC(=O)OC5)CC[C@]4(O)C3CC[C@@H]2C1. The van der Waals surface area contributed by atoms with Crippen LogP contribution < -0.4 is 0 Å². The number of ether oxygens (including phenoxy) is 2. The lowest BCUT2D eigenvalue weighted by Crippen LogP contribution is -2.62. The molecule has 0 bridgehead atoms. The maximum absolute atomic E-state index is 12.3. The highest BCUT2D eigenvalue weighted by Crippen LogP contribution is 2.70. The molecule has 8 heteroatoms. The first-order valence-electron chi connectivity index (χ1n) is 13.9. The summed E-state index contributed by atoms with van der Waals surface area (Å²) in [6, 6.07) is 0. The van der Waals surface area contributed by atoms with Gasteiger partial charge < -0.3 is 35.0 Å². The zero-order valence-electron chi connectivity index (χ0n) is 21.8. The van der Waals surface area contributed by atoms with Crippen LogP contribution in [0.1, 0.15) is 78.6 Å². The van der Waals surface area contributed by atoms with E-state index in [4.69, 9.17) is 9.47 Å². The molecule has 1 aliphatic heterocycles. The molecule has 12 atom stereocenters. The van der Waals surface area contributed by atoms with Gasteiger partial charge in [-0.1, -0.05) is 13.8 Å². The Bertz CT molecular complexity index is 889. The number of cyclic esters (lactones) is 1. The summed E-state index contributed by atoms with van der Waals surface area (Å²) in [5, 5.41) is 52.2. The molecule has 5 aliphatic rings. The maximum atomic E-state index is 12.3. The monoisotopic (exact) mass is 508 g/mol. The van der Waals surface area contributed by atoms with Gasteiger partial charge in [-0.25, -0.2) is 4.79 Å². The molecule has 204 valence electrons. The summed E-state index contributed by atoms with van der Waals surface area (Å²) < 4.78 is 11.0. The van der Waals surface area contributed by atoms with Crippen LogP contribution in [0.3, 0.4) is 0 Å². The van der Waals surface area contributed by atoms with Crippen molar-refractivity contribution < 1.29 is 39.8 Å². The summed E-state index contributed by atoms with van der Waals surface area (Å²) in [5.74, 6) is 0.971. The van der Waals surface area contributed by atoms with Crippen LogP contribution in [0.25, 0.3) is 0 Å². The third kappa shape index (κ3) is 3.98. The second kappa shape index (κ2) is 9.31. The number of rotatable bonds is 6. The summed E-state index contributed by atoms with van der Waals surface area (Å²) in [5.41, 5.74) is 0.136. The standard InChI is InChI=1S/C28H44O8/c1-15(29)23(31)24(32)25(33)36-18-6-9-26(2)17(13-18)4-5-21-20(26)7-10-27(3)19(8-11-28(21,27)34)16-12-22(30)35-14-16/h12,15,17-21,23-25,29,31-34H,4-11,13-14H2,1-3H3/t15-,17+,18-,19+,20?,21?,23?,24-,25+,26-,27+,28-/m0/s1. The molecular weight excluding hydrogens is 464 g/mol. The largest absolute Gasteiger partial charge is 0.458 e. The minimum Gasteiger partial charge on any atom is -0.458 e. The van der Waals surface area contributed by atoms with Crippen LogP contribution in [-0.2, 0) is 14.3 Å². The van der Waals surface area contributed by atoms with Crippen LogP contribution in [0.4, 0.5) is 0 Å². The topological polar surface area (TPSA) is 137 Å². The highest BCUT2D eigenvalue weighted by molar-refractivity contribution is 5.85. The van der Waals surface area contributed by atoms with Crippen LogP contribution in [0.5, 0.6) is 0 Å². The number of hydrogen-bond acceptors (Lipinski definition) is 8. The van der Waals surface area contributed by atoms with Gasteiger partial charge in [-0.2, -0.15) is 0 Å². The van der Waals surface area contributed by atoms with Gasteiger partial charge in [0.2, 0.25) is 0 Å². The molecule has 3 unspecified atom stereocenters. The number of carbonyl (C=O) groups is 1. The molecule has 0 saturated heterocycles. The second-order valence-corrected chi connectivity index (χ2v) is 12.9. The molecule has 0 radical (unpaired) electrons. The number of carbonyl (C=O) groups excluding carboxylic acids is 1. The first-order chi connectivity index (χ1) is 16.9. The van der Waals surface area contributed by atoms with Crippen molar-refractivity contribution in [3.05, 3.63) is 11.6 Å². The molecule has 8 nitrogen and oxygen atoms in total. The molecule has 4 aliphatic carbocycles. The van der Waals surface area contributed by atoms with Gasteiger partial charge in [0.25, 0.3) is 0 Å². The van der Waals surface area contributed by atoms with E-state index in [0.29, 0.717) is 18.4 Å². The van der Waals surface area contributed by atoms with Gasteiger partial charge in [0.05, 0.1) is 17.8 Å². The van der Waals surface area contributed by atoms with E-state index >= 15 is 0 Å². The molecule has 4 saturated carbocycles. The minimum absolute atomic E-state index is 0.0757. The van der Waals surface area contributed by atoms with Crippen molar-refractivity contribution in [2.45, 2.75) is 115 Å². The number of hydrogen-bond donors (Lipinski definition) is 5. The van der Waals surface area contributed by atoms with Crippen molar-refractivity contribution >= 4 is 5.97 Å². The normalized spacial score (nSPS) is 47.6. The Hall–Kier alpha value is -1.03. The summed E-state index contributed by atoms with van der Waals surface area (Å²) in [6.07, 6.45) is 3.73. The van der Waals surface area contributed by atoms with Crippen LogP contribution in [0.2, 0.25) is 0 Å². The van der Waals surface area contributed by atoms with E-state index in [1.807, 2.05) is 0 Å².